The van der Waals surface area contributed by atoms with Gasteiger partial charge in [-0.05, 0) is 0 Å². The van der Waals surface area contributed by atoms with Crippen LogP contribution in [0.2, 0.25) is 0 Å². The van der Waals surface area contributed by atoms with Gasteiger partial charge in [-0.1, -0.05) is 36.4 Å². The van der Waals surface area contributed by atoms with E-state index in [1.54, 1.807) is 24.3 Å². The first-order valence-electron chi connectivity index (χ1n) is 16.4. The Labute approximate surface area is 307 Å². The van der Waals surface area contributed by atoms with Gasteiger partial charge in [0.25, 0.3) is 0 Å². The molecule has 1 aromatic rings. The molecule has 19 nitrogen and oxygen atoms in total. The smallest absolute Gasteiger partial charge is 0.405 e. The molecule has 3 aliphatic heterocycles. The minimum Gasteiger partial charge on any atom is -0.463 e. The predicted octanol–water partition coefficient (Wildman–Crippen LogP) is 2.78. The van der Waals surface area contributed by atoms with Gasteiger partial charge in [-0.25, -0.2) is 9.65 Å². The molecule has 3 heterocycles. The third kappa shape index (κ3) is 10.6. The highest BCUT2D eigenvalue weighted by atomic mass is 31.2. The predicted molar refractivity (Wildman–Crippen MR) is 180 cm³/mol. The molecular weight excluding hydrogens is 748 g/mol. The lowest BCUT2D eigenvalue weighted by Gasteiger charge is -2.52. The van der Waals surface area contributed by atoms with Gasteiger partial charge in [-0.3, -0.25) is 18.9 Å². The van der Waals surface area contributed by atoms with Crippen molar-refractivity contribution in [3.8, 4) is 0 Å². The van der Waals surface area contributed by atoms with Crippen LogP contribution in [0.25, 0.3) is 0 Å². The summed E-state index contributed by atoms with van der Waals surface area (Å²) in [5.74, 6) is -2.41. The standard InChI is InChI=1S/C32H47NO18P2/c1-9-15-43-31-24(33-53(38,41-7)42-8)27(25-23(48-31)17-45-30(50-25)21-13-11-10-12-14-21)51-32-29(52(37,39-5)40-6)28(47-20(4)36)26(46-19(3)35)22(49-32)16-44-18(2)34/h9-14,22-32H,1,15-17H2,2-8H3,(H,33,38)/t22-,23-,24-,25-,26-,27-,28+,29-,30?,31-,32+/m1/s1. The maximum absolute atomic E-state index is 14.4. The Balaban J connectivity index is 1.90. The summed E-state index contributed by atoms with van der Waals surface area (Å²) in [5.41, 5.74) is -1.02. The first-order chi connectivity index (χ1) is 25.2. The normalized spacial score (nSPS) is 31.9. The molecule has 0 aliphatic carbocycles. The van der Waals surface area contributed by atoms with Crippen LogP contribution < -0.4 is 5.09 Å². The number of hydrogen-bond donors (Lipinski definition) is 1. The van der Waals surface area contributed by atoms with Gasteiger partial charge in [0, 0.05) is 54.8 Å². The minimum absolute atomic E-state index is 0.0414. The summed E-state index contributed by atoms with van der Waals surface area (Å²) in [6, 6.07) is 7.69. The van der Waals surface area contributed by atoms with Gasteiger partial charge in [0.2, 0.25) is 0 Å². The van der Waals surface area contributed by atoms with E-state index in [1.165, 1.54) is 6.08 Å². The van der Waals surface area contributed by atoms with Gasteiger partial charge in [0.05, 0.1) is 19.3 Å². The Hall–Kier alpha value is -2.61. The van der Waals surface area contributed by atoms with E-state index in [0.29, 0.717) is 5.56 Å². The van der Waals surface area contributed by atoms with E-state index in [0.717, 1.165) is 49.2 Å². The highest BCUT2D eigenvalue weighted by Gasteiger charge is 2.62. The molecule has 3 fully saturated rings. The molecule has 0 saturated carbocycles. The van der Waals surface area contributed by atoms with E-state index < -0.39 is 107 Å². The lowest BCUT2D eigenvalue weighted by molar-refractivity contribution is -0.367. The third-order valence-corrected chi connectivity index (χ3v) is 12.3. The van der Waals surface area contributed by atoms with E-state index in [9.17, 15) is 23.5 Å². The van der Waals surface area contributed by atoms with Crippen molar-refractivity contribution < 1.29 is 84.2 Å². The van der Waals surface area contributed by atoms with Crippen LogP contribution in [0.3, 0.4) is 0 Å². The quantitative estimate of drug-likeness (QED) is 0.104. The van der Waals surface area contributed by atoms with Crippen molar-refractivity contribution in [2.24, 2.45) is 0 Å². The zero-order chi connectivity index (χ0) is 38.9. The lowest BCUT2D eigenvalue weighted by atomic mass is 9.95. The Morgan fingerprint density at radius 1 is 0.849 bits per heavy atom. The number of carbonyl (C=O) groups is 3. The number of esters is 3. The highest BCUT2D eigenvalue weighted by Crippen LogP contribution is 2.58. The summed E-state index contributed by atoms with van der Waals surface area (Å²) in [6.07, 6.45) is -10.4. The summed E-state index contributed by atoms with van der Waals surface area (Å²) in [7, 11) is -4.06. The number of benzene rings is 1. The highest BCUT2D eigenvalue weighted by molar-refractivity contribution is 7.54. The summed E-state index contributed by atoms with van der Waals surface area (Å²) in [4.78, 5) is 36.9. The van der Waals surface area contributed by atoms with Crippen LogP contribution in [0.1, 0.15) is 32.6 Å². The maximum atomic E-state index is 14.4. The van der Waals surface area contributed by atoms with Gasteiger partial charge in [-0.15, -0.1) is 6.58 Å². The molecule has 3 saturated heterocycles. The SMILES string of the molecule is C=CCO[C@@H]1O[C@@H]2COC(c3ccccc3)O[C@H]2[C@H](O[C@@H]2O[C@H](COC(C)=O)[C@@H](OC(C)=O)[C@H](OC(C)=O)[C@H]2P(=O)(OC)OC)[C@H]1NP(=O)(OC)OC. The molecular formula is C32H47NO18P2. The molecule has 0 amide bonds. The second-order valence-electron chi connectivity index (χ2n) is 11.8. The molecule has 0 bridgehead atoms. The summed E-state index contributed by atoms with van der Waals surface area (Å²) >= 11 is 0. The summed E-state index contributed by atoms with van der Waals surface area (Å²) < 4.78 is 104. The molecule has 0 aromatic heterocycles. The van der Waals surface area contributed by atoms with E-state index in [-0.39, 0.29) is 13.2 Å². The summed E-state index contributed by atoms with van der Waals surface area (Å²) in [5, 5.41) is 2.80. The van der Waals surface area contributed by atoms with Crippen molar-refractivity contribution >= 4 is 33.3 Å². The molecule has 53 heavy (non-hydrogen) atoms. The molecule has 11 atom stereocenters. The third-order valence-electron chi connectivity index (χ3n) is 8.41. The fourth-order valence-electron chi connectivity index (χ4n) is 6.12. The van der Waals surface area contributed by atoms with Crippen molar-refractivity contribution in [1.82, 2.24) is 5.09 Å². The van der Waals surface area contributed by atoms with Gasteiger partial charge in [-0.2, -0.15) is 0 Å². The fourth-order valence-corrected chi connectivity index (χ4v) is 8.78. The number of carbonyl (C=O) groups excluding carboxylic acids is 3. The lowest BCUT2D eigenvalue weighted by Crippen LogP contribution is -2.69. The first kappa shape index (κ1) is 43.1. The van der Waals surface area contributed by atoms with E-state index in [1.807, 2.05) is 6.07 Å². The monoisotopic (exact) mass is 795 g/mol. The van der Waals surface area contributed by atoms with Gasteiger partial charge in [0.1, 0.15) is 31.0 Å². The van der Waals surface area contributed by atoms with Crippen LogP contribution in [0.4, 0.5) is 0 Å². The number of rotatable bonds is 17. The van der Waals surface area contributed by atoms with E-state index in [4.69, 9.17) is 60.7 Å². The molecule has 298 valence electrons. The van der Waals surface area contributed by atoms with Gasteiger partial charge < -0.3 is 60.7 Å². The zero-order valence-electron chi connectivity index (χ0n) is 30.4. The largest absolute Gasteiger partial charge is 0.463 e. The zero-order valence-corrected chi connectivity index (χ0v) is 32.2. The first-order valence-corrected chi connectivity index (χ1v) is 19.6. The Morgan fingerprint density at radius 3 is 2.06 bits per heavy atom. The number of fused-ring (bicyclic) bond motifs is 1. The van der Waals surface area contributed by atoms with E-state index >= 15 is 0 Å². The van der Waals surface area contributed by atoms with E-state index in [2.05, 4.69) is 11.7 Å². The Bertz CT molecular complexity index is 1480. The van der Waals surface area contributed by atoms with Gasteiger partial charge in [0.15, 0.2) is 36.7 Å². The van der Waals surface area contributed by atoms with Crippen LogP contribution >= 0.6 is 15.3 Å². The van der Waals surface area contributed by atoms with Crippen LogP contribution in [0.15, 0.2) is 43.0 Å². The molecule has 4 rings (SSSR count). The second kappa shape index (κ2) is 19.3. The maximum Gasteiger partial charge on any atom is 0.405 e. The molecule has 0 radical (unpaired) electrons. The Kier molecular flexibility index (Phi) is 15.7. The molecule has 1 N–H and O–H groups in total. The Morgan fingerprint density at radius 2 is 1.49 bits per heavy atom. The molecule has 21 heteroatoms. The topological polar surface area (TPSA) is 217 Å². The molecule has 1 aromatic carbocycles. The van der Waals surface area contributed by atoms with Crippen LogP contribution in [-0.2, 0) is 84.2 Å². The fraction of sp³-hybridized carbons (Fsp3) is 0.656. The van der Waals surface area contributed by atoms with Crippen molar-refractivity contribution in [1.29, 1.82) is 0 Å². The second-order valence-corrected chi connectivity index (χ2v) is 16.2. The average Bonchev–Trinajstić information content (AvgIpc) is 3.14. The van der Waals surface area contributed by atoms with Crippen molar-refractivity contribution in [3.63, 3.8) is 0 Å². The average molecular weight is 796 g/mol. The summed E-state index contributed by atoms with van der Waals surface area (Å²) in [6.45, 7) is 6.39. The van der Waals surface area contributed by atoms with Crippen molar-refractivity contribution in [2.75, 3.05) is 48.3 Å². The van der Waals surface area contributed by atoms with Crippen LogP contribution in [0, 0.1) is 0 Å². The number of nitrogens with one attached hydrogen (secondary N) is 1. The minimum atomic E-state index is -4.43. The van der Waals surface area contributed by atoms with Gasteiger partial charge >= 0.3 is 33.3 Å². The molecule has 0 spiro atoms. The number of hydrogen-bond acceptors (Lipinski definition) is 18. The van der Waals surface area contributed by atoms with Crippen LogP contribution in [-0.4, -0.2) is 127 Å². The molecule has 3 aliphatic rings. The number of ether oxygens (including phenoxy) is 9. The van der Waals surface area contributed by atoms with Crippen molar-refractivity contribution in [2.45, 2.75) is 88.0 Å². The molecule has 1 unspecified atom stereocenters. The van der Waals surface area contributed by atoms with Crippen molar-refractivity contribution in [3.05, 3.63) is 48.6 Å². The van der Waals surface area contributed by atoms with Crippen LogP contribution in [0.5, 0.6) is 0 Å².